The average Bonchev–Trinajstić information content (AvgIpc) is 2.87. The quantitative estimate of drug-likeness (QED) is 0.0713. The van der Waals surface area contributed by atoms with Crippen LogP contribution in [0.5, 0.6) is 0 Å². The summed E-state index contributed by atoms with van der Waals surface area (Å²) in [5.74, 6) is -1.11. The molecule has 0 bridgehead atoms. The summed E-state index contributed by atoms with van der Waals surface area (Å²) >= 11 is 0. The summed E-state index contributed by atoms with van der Waals surface area (Å²) < 4.78 is 0. The third-order valence-electron chi connectivity index (χ3n) is 6.19. The van der Waals surface area contributed by atoms with E-state index in [0.717, 1.165) is 45.2 Å². The summed E-state index contributed by atoms with van der Waals surface area (Å²) in [7, 11) is 7.31. The van der Waals surface area contributed by atoms with E-state index < -0.39 is 18.0 Å². The van der Waals surface area contributed by atoms with Gasteiger partial charge in [-0.3, -0.25) is 19.2 Å². The first kappa shape index (κ1) is 34.7. The predicted molar refractivity (Wildman–Crippen MR) is 147 cm³/mol. The molecule has 12 heteroatoms. The van der Waals surface area contributed by atoms with Crippen LogP contribution in [0, 0.1) is 0 Å². The van der Waals surface area contributed by atoms with E-state index in [1.54, 1.807) is 14.1 Å². The first-order valence-electron chi connectivity index (χ1n) is 13.6. The molecule has 0 aromatic carbocycles. The molecule has 0 aliphatic carbocycles. The monoisotopic (exact) mass is 528 g/mol. The highest BCUT2D eigenvalue weighted by Crippen LogP contribution is 2.06. The molecule has 0 aromatic heterocycles. The Hall–Kier alpha value is -2.28. The van der Waals surface area contributed by atoms with Gasteiger partial charge < -0.3 is 43.0 Å². The Bertz CT molecular complexity index is 650. The van der Waals surface area contributed by atoms with Crippen LogP contribution in [0.25, 0.3) is 0 Å². The van der Waals surface area contributed by atoms with E-state index in [4.69, 9.17) is 5.73 Å². The van der Waals surface area contributed by atoms with Gasteiger partial charge in [0.2, 0.25) is 23.6 Å². The summed E-state index contributed by atoms with van der Waals surface area (Å²) in [4.78, 5) is 49.0. The Morgan fingerprint density at radius 1 is 0.568 bits per heavy atom. The smallest absolute Gasteiger partial charge is 0.242 e. The Labute approximate surface area is 222 Å². The van der Waals surface area contributed by atoms with Crippen molar-refractivity contribution in [2.45, 2.75) is 82.3 Å². The number of carbonyl (C=O) groups is 4. The minimum atomic E-state index is -0.735. The molecule has 0 aliphatic heterocycles. The molecule has 0 rings (SSSR count). The van der Waals surface area contributed by atoms with Crippen molar-refractivity contribution in [3.63, 3.8) is 0 Å². The second-order valence-corrected chi connectivity index (χ2v) is 9.24. The number of unbranched alkanes of at least 4 members (excludes halogenated alkanes) is 3. The fourth-order valence-corrected chi connectivity index (χ4v) is 3.90. The molecule has 0 aliphatic rings. The number of likely N-dealkylation sites (N-methyl/N-ethyl adjacent to an activating group) is 2. The molecule has 0 unspecified atom stereocenters. The molecule has 0 radical (unpaired) electrons. The van der Waals surface area contributed by atoms with Crippen molar-refractivity contribution in [1.29, 1.82) is 0 Å². The highest BCUT2D eigenvalue weighted by molar-refractivity contribution is 5.90. The van der Waals surface area contributed by atoms with Crippen molar-refractivity contribution < 1.29 is 19.2 Å². The van der Waals surface area contributed by atoms with Crippen LogP contribution in [0.2, 0.25) is 0 Å². The van der Waals surface area contributed by atoms with E-state index in [9.17, 15) is 19.2 Å². The summed E-state index contributed by atoms with van der Waals surface area (Å²) in [6.45, 7) is 2.42. The van der Waals surface area contributed by atoms with E-state index in [2.05, 4.69) is 37.2 Å². The van der Waals surface area contributed by atoms with Gasteiger partial charge in [0.1, 0.15) is 6.04 Å². The largest absolute Gasteiger partial charge is 0.370 e. The van der Waals surface area contributed by atoms with E-state index in [0.29, 0.717) is 32.2 Å². The van der Waals surface area contributed by atoms with Crippen LogP contribution in [0.3, 0.4) is 0 Å². The van der Waals surface area contributed by atoms with Crippen LogP contribution in [-0.2, 0) is 19.2 Å². The molecule has 0 aromatic rings. The molecule has 9 N–H and O–H groups in total. The topological polar surface area (TPSA) is 179 Å². The molecule has 0 fully saturated rings. The zero-order chi connectivity index (χ0) is 27.9. The fourth-order valence-electron chi connectivity index (χ4n) is 3.90. The molecule has 3 atom stereocenters. The van der Waals surface area contributed by atoms with Crippen LogP contribution in [-0.4, -0.2) is 96.1 Å². The third-order valence-corrected chi connectivity index (χ3v) is 6.19. The Morgan fingerprint density at radius 3 is 1.49 bits per heavy atom. The van der Waals surface area contributed by atoms with Gasteiger partial charge in [-0.25, -0.2) is 0 Å². The van der Waals surface area contributed by atoms with Gasteiger partial charge in [-0.2, -0.15) is 0 Å². The average molecular weight is 529 g/mol. The molecule has 12 nitrogen and oxygen atoms in total. The van der Waals surface area contributed by atoms with E-state index in [-0.39, 0.29) is 36.7 Å². The Kier molecular flexibility index (Phi) is 21.5. The number of nitrogens with two attached hydrogens (primary N) is 1. The number of amides is 4. The van der Waals surface area contributed by atoms with Crippen LogP contribution in [0.4, 0.5) is 0 Å². The number of hydrogen-bond acceptors (Lipinski definition) is 8. The van der Waals surface area contributed by atoms with Gasteiger partial charge in [0.05, 0.1) is 12.1 Å². The molecular weight excluding hydrogens is 476 g/mol. The molecule has 37 heavy (non-hydrogen) atoms. The Morgan fingerprint density at radius 2 is 1.00 bits per heavy atom. The van der Waals surface area contributed by atoms with Gasteiger partial charge in [-0.15, -0.1) is 0 Å². The van der Waals surface area contributed by atoms with Gasteiger partial charge in [0, 0.05) is 19.5 Å². The third kappa shape index (κ3) is 17.7. The lowest BCUT2D eigenvalue weighted by Crippen LogP contribution is -2.52. The SMILES string of the molecule is CNCCCC[C@H](NC)C(=O)NCCCC[C@H](NC(=O)[C@H](CCCCNC)NC)C(=O)NCCC(N)=O. The number of carbonyl (C=O) groups excluding carboxylic acids is 4. The summed E-state index contributed by atoms with van der Waals surface area (Å²) in [5.41, 5.74) is 5.16. The molecule has 0 heterocycles. The molecule has 4 amide bonds. The second kappa shape index (κ2) is 22.9. The van der Waals surface area contributed by atoms with Crippen molar-refractivity contribution in [3.8, 4) is 0 Å². The normalized spacial score (nSPS) is 13.4. The first-order valence-corrected chi connectivity index (χ1v) is 13.6. The molecule has 0 saturated heterocycles. The summed E-state index contributed by atoms with van der Waals surface area (Å²) in [6.07, 6.45) is 6.97. The maximum Gasteiger partial charge on any atom is 0.242 e. The lowest BCUT2D eigenvalue weighted by atomic mass is 10.1. The number of rotatable bonds is 24. The van der Waals surface area contributed by atoms with Crippen molar-refractivity contribution in [3.05, 3.63) is 0 Å². The van der Waals surface area contributed by atoms with Crippen molar-refractivity contribution >= 4 is 23.6 Å². The molecule has 0 spiro atoms. The van der Waals surface area contributed by atoms with Gasteiger partial charge >= 0.3 is 0 Å². The summed E-state index contributed by atoms with van der Waals surface area (Å²) in [5, 5.41) is 20.8. The standard InChI is InChI=1S/C25H52N8O4/c1-27-15-8-5-11-19(29-3)23(35)31-17-10-7-13-21(24(36)32-18-14-22(26)34)33-25(37)20(30-4)12-6-9-16-28-2/h19-21,27-30H,5-18H2,1-4H3,(H2,26,34)(H,31,35)(H,32,36)(H,33,37)/t19-,20-,21-/m0/s1. The molecular formula is C25H52N8O4. The number of nitrogens with one attached hydrogen (secondary N) is 7. The lowest BCUT2D eigenvalue weighted by Gasteiger charge is -2.22. The highest BCUT2D eigenvalue weighted by atomic mass is 16.2. The van der Waals surface area contributed by atoms with Gasteiger partial charge in [0.25, 0.3) is 0 Å². The van der Waals surface area contributed by atoms with E-state index in [1.807, 2.05) is 14.1 Å². The molecule has 216 valence electrons. The van der Waals surface area contributed by atoms with Gasteiger partial charge in [-0.05, 0) is 86.2 Å². The minimum absolute atomic E-state index is 0.0314. The van der Waals surface area contributed by atoms with Crippen LogP contribution >= 0.6 is 0 Å². The number of primary amides is 1. The summed E-state index contributed by atoms with van der Waals surface area (Å²) in [6, 6.07) is -1.36. The zero-order valence-corrected chi connectivity index (χ0v) is 23.3. The highest BCUT2D eigenvalue weighted by Gasteiger charge is 2.24. The van der Waals surface area contributed by atoms with Crippen LogP contribution in [0.1, 0.15) is 64.2 Å². The van der Waals surface area contributed by atoms with Crippen molar-refractivity contribution in [2.75, 3.05) is 54.4 Å². The first-order chi connectivity index (χ1) is 17.8. The minimum Gasteiger partial charge on any atom is -0.370 e. The van der Waals surface area contributed by atoms with Crippen molar-refractivity contribution in [2.24, 2.45) is 5.73 Å². The fraction of sp³-hybridized carbons (Fsp3) is 0.840. The maximum atomic E-state index is 12.8. The van der Waals surface area contributed by atoms with Crippen LogP contribution < -0.4 is 43.0 Å². The van der Waals surface area contributed by atoms with Gasteiger partial charge in [-0.1, -0.05) is 12.8 Å². The number of hydrogen-bond donors (Lipinski definition) is 8. The zero-order valence-electron chi connectivity index (χ0n) is 23.3. The molecule has 0 saturated carbocycles. The van der Waals surface area contributed by atoms with E-state index in [1.165, 1.54) is 0 Å². The van der Waals surface area contributed by atoms with Crippen LogP contribution in [0.15, 0.2) is 0 Å². The maximum absolute atomic E-state index is 12.8. The lowest BCUT2D eigenvalue weighted by molar-refractivity contribution is -0.130. The second-order valence-electron chi connectivity index (χ2n) is 9.24. The van der Waals surface area contributed by atoms with Crippen molar-refractivity contribution in [1.82, 2.24) is 37.2 Å². The Balaban J connectivity index is 4.73. The van der Waals surface area contributed by atoms with Gasteiger partial charge in [0.15, 0.2) is 0 Å². The predicted octanol–water partition coefficient (Wildman–Crippen LogP) is -1.30. The van der Waals surface area contributed by atoms with E-state index >= 15 is 0 Å².